The number of pyridine rings is 7. The highest BCUT2D eigenvalue weighted by Crippen LogP contribution is 2.42. The van der Waals surface area contributed by atoms with Gasteiger partial charge in [0.2, 0.25) is 17.8 Å². The molecule has 0 aliphatic carbocycles. The summed E-state index contributed by atoms with van der Waals surface area (Å²) in [6.07, 6.45) is 16.6. The summed E-state index contributed by atoms with van der Waals surface area (Å²) in [5.74, 6) is 6.72. The molecule has 11 aromatic heterocycles. The van der Waals surface area contributed by atoms with Crippen molar-refractivity contribution in [1.82, 2.24) is 74.8 Å². The number of aromatic nitrogens is 15. The largest absolute Gasteiger partial charge is 0.496 e. The molecule has 29 nitrogen and oxygen atoms in total. The van der Waals surface area contributed by atoms with E-state index in [4.69, 9.17) is 122 Å². The van der Waals surface area contributed by atoms with Crippen LogP contribution in [0.15, 0.2) is 146 Å². The van der Waals surface area contributed by atoms with Crippen LogP contribution in [-0.2, 0) is 63.1 Å². The van der Waals surface area contributed by atoms with Crippen LogP contribution in [-0.4, -0.2) is 169 Å². The Morgan fingerprint density at radius 2 is 0.781 bits per heavy atom. The fourth-order valence-electron chi connectivity index (χ4n) is 16.7. The van der Waals surface area contributed by atoms with E-state index in [1.807, 2.05) is 141 Å². The quantitative estimate of drug-likeness (QED) is 0.0383. The summed E-state index contributed by atoms with van der Waals surface area (Å²) in [5.41, 5.74) is 32.8. The molecule has 3 aliphatic rings. The summed E-state index contributed by atoms with van der Waals surface area (Å²) in [7, 11) is 6.69. The lowest BCUT2D eigenvalue weighted by atomic mass is 9.73. The van der Waals surface area contributed by atoms with Crippen LogP contribution in [0.4, 0.5) is 45.5 Å². The first-order chi connectivity index (χ1) is 61.6. The molecule has 0 amide bonds. The monoisotopic (exact) mass is 1820 g/mol. The molecule has 1 aromatic carbocycles. The Kier molecular flexibility index (Phi) is 33.1. The second kappa shape index (κ2) is 44.4. The Balaban J connectivity index is 0.000000155. The van der Waals surface area contributed by atoms with Crippen molar-refractivity contribution in [3.05, 3.63) is 269 Å². The van der Waals surface area contributed by atoms with E-state index in [1.165, 1.54) is 12.1 Å². The molecule has 0 atom stereocenters. The van der Waals surface area contributed by atoms with Crippen molar-refractivity contribution in [3.63, 3.8) is 0 Å². The summed E-state index contributed by atoms with van der Waals surface area (Å²) in [5, 5.41) is 1.29. The fraction of sp³-hybridized carbons (Fsp3) is 0.394. The van der Waals surface area contributed by atoms with Crippen molar-refractivity contribution in [2.24, 2.45) is 0 Å². The van der Waals surface area contributed by atoms with Gasteiger partial charge in [-0.05, 0) is 161 Å². The van der Waals surface area contributed by atoms with E-state index in [-0.39, 0.29) is 45.1 Å². The lowest BCUT2D eigenvalue weighted by Crippen LogP contribution is -2.45. The number of benzene rings is 1. The van der Waals surface area contributed by atoms with Crippen molar-refractivity contribution in [3.8, 4) is 23.0 Å². The van der Waals surface area contributed by atoms with Crippen LogP contribution in [0.3, 0.4) is 0 Å². The third kappa shape index (κ3) is 24.4. The third-order valence-electron chi connectivity index (χ3n) is 23.6. The van der Waals surface area contributed by atoms with Gasteiger partial charge in [-0.25, -0.2) is 29.3 Å². The van der Waals surface area contributed by atoms with E-state index in [2.05, 4.69) is 94.6 Å². The summed E-state index contributed by atoms with van der Waals surface area (Å²) < 4.78 is 53.2. The van der Waals surface area contributed by atoms with Crippen molar-refractivity contribution in [2.45, 2.75) is 150 Å². The second-order valence-corrected chi connectivity index (χ2v) is 33.7. The predicted molar refractivity (Wildman–Crippen MR) is 499 cm³/mol. The number of nitrogens with two attached hydrogens (primary N) is 3. The summed E-state index contributed by atoms with van der Waals surface area (Å²) >= 11 is 25.0. The number of hydrogen-bond donors (Lipinski definition) is 3. The predicted octanol–water partition coefficient (Wildman–Crippen LogP) is 16.5. The summed E-state index contributed by atoms with van der Waals surface area (Å²) in [6, 6.07) is 33.7. The average Bonchev–Trinajstić information content (AvgIpc) is 0.785. The van der Waals surface area contributed by atoms with Gasteiger partial charge in [-0.2, -0.15) is 15.0 Å². The zero-order valence-electron chi connectivity index (χ0n) is 74.7. The number of rotatable bonds is 28. The van der Waals surface area contributed by atoms with E-state index in [9.17, 15) is 4.39 Å². The van der Waals surface area contributed by atoms with Crippen LogP contribution < -0.4 is 55.7 Å². The molecule has 0 radical (unpaired) electrons. The van der Waals surface area contributed by atoms with Gasteiger partial charge in [0.05, 0.1) is 77.4 Å². The molecule has 3 saturated heterocycles. The van der Waals surface area contributed by atoms with Gasteiger partial charge >= 0.3 is 0 Å². The van der Waals surface area contributed by atoms with E-state index in [1.54, 1.807) is 59.0 Å². The SMILES string of the molecule is COc1c(C)cnc(CN(CC2(c3cccc(C)n3)CCOCC2)c2cc(Cl)nc(C)n2)c1C.COc1c(C)cnc(CN(CC2(c3ccccn3)CCOCC2)c2cc(Cl)nc(N)n2)c1C.COc1c(C)cnc(CN(CCc2ccccn2)c2cc(Cl)nc(N)n2)c1C.COc1ccnc(CN(CC2(c3ccc(F)cc3)CCOCC2)c2cc(Cl)nc(N)n2)c1C. The van der Waals surface area contributed by atoms with Crippen LogP contribution in [0.1, 0.15) is 134 Å². The summed E-state index contributed by atoms with van der Waals surface area (Å²) in [4.78, 5) is 75.7. The van der Waals surface area contributed by atoms with E-state index >= 15 is 0 Å². The molecule has 34 heteroatoms. The standard InChI is InChI=1S/C26H32ClN5O2.C24H27ClFN5O2.C24H29ClN6O2.C20H23ClN6O/c1-17-14-28-21(19(3)25(17)33-5)15-32(24-13-23(27)30-20(4)31-24)16-26(9-11-34-12-10-26)22-8-6-7-18(2)29-22;1-16-19(28-10-7-20(16)32-2)14-31(22-13-21(25)29-23(27)30-22)15-24(8-11-33-12-9-24)17-3-5-18(26)6-4-17;1-16-13-28-18(17(2)22(16)32-3)14-31(21-12-20(25)29-23(26)30-21)15-24(7-10-33-11-8-24)19-6-4-5-9-27-19;1-13-11-24-16(14(2)19(13)28-3)12-27(9-7-15-6-4-5-8-23-15)18-10-17(21)25-20(22)26-18/h6-8,13-14H,9-12,15-16H2,1-5H3;3-7,10,13H,8-9,11-12,14-15H2,1-2H3,(H2,27,29,30);4-6,9,12-13H,7-8,10-11,14-15H2,1-3H3,(H2,26,29,30);4-6,8,10-11H,7,9,12H2,1-3H3,(H2,22,25,26). The minimum absolute atomic E-state index is 0.0978. The Hall–Kier alpha value is -11.6. The molecule has 0 spiro atoms. The molecular weight excluding hydrogens is 1710 g/mol. The van der Waals surface area contributed by atoms with Gasteiger partial charge in [-0.15, -0.1) is 0 Å². The normalized spacial score (nSPS) is 14.3. The van der Waals surface area contributed by atoms with E-state index < -0.39 is 0 Å². The first-order valence-electron chi connectivity index (χ1n) is 42.2. The van der Waals surface area contributed by atoms with Crippen LogP contribution in [0, 0.1) is 68.1 Å². The zero-order chi connectivity index (χ0) is 91.2. The first kappa shape index (κ1) is 95.5. The van der Waals surface area contributed by atoms with Crippen LogP contribution in [0.2, 0.25) is 20.6 Å². The minimum atomic E-state index is -0.273. The topological polar surface area (TPSA) is 349 Å². The van der Waals surface area contributed by atoms with Crippen LogP contribution >= 0.6 is 46.4 Å². The highest BCUT2D eigenvalue weighted by atomic mass is 35.5. The molecule has 12 aromatic rings. The van der Waals surface area contributed by atoms with Gasteiger partial charge in [0.15, 0.2) is 0 Å². The second-order valence-electron chi connectivity index (χ2n) is 32.2. The molecule has 6 N–H and O–H groups in total. The molecular formula is C94H111Cl4FN22O7. The Bertz CT molecular complexity index is 5630. The van der Waals surface area contributed by atoms with Gasteiger partial charge in [0.25, 0.3) is 0 Å². The van der Waals surface area contributed by atoms with Gasteiger partial charge in [-0.1, -0.05) is 76.7 Å². The molecule has 0 unspecified atom stereocenters. The molecule has 3 fully saturated rings. The molecule has 674 valence electrons. The Morgan fingerprint density at radius 1 is 0.383 bits per heavy atom. The molecule has 3 aliphatic heterocycles. The number of anilines is 7. The molecule has 14 heterocycles. The highest BCUT2D eigenvalue weighted by Gasteiger charge is 2.42. The van der Waals surface area contributed by atoms with Crippen molar-refractivity contribution >= 4 is 87.5 Å². The third-order valence-corrected chi connectivity index (χ3v) is 24.3. The maximum Gasteiger partial charge on any atom is 0.223 e. The highest BCUT2D eigenvalue weighted by molar-refractivity contribution is 6.30. The van der Waals surface area contributed by atoms with Crippen molar-refractivity contribution < 1.29 is 37.5 Å². The maximum absolute atomic E-state index is 13.7. The van der Waals surface area contributed by atoms with Gasteiger partial charge in [-0.3, -0.25) is 34.9 Å². The zero-order valence-corrected chi connectivity index (χ0v) is 77.7. The molecule has 0 saturated carbocycles. The van der Waals surface area contributed by atoms with Gasteiger partial charge < -0.3 is 70.0 Å². The minimum Gasteiger partial charge on any atom is -0.496 e. The Morgan fingerprint density at radius 3 is 1.20 bits per heavy atom. The number of halogens is 5. The maximum atomic E-state index is 13.7. The number of hydrogen-bond acceptors (Lipinski definition) is 29. The molecule has 128 heavy (non-hydrogen) atoms. The van der Waals surface area contributed by atoms with Gasteiger partial charge in [0, 0.05) is 212 Å². The van der Waals surface area contributed by atoms with Gasteiger partial charge in [0.1, 0.15) is 78.5 Å². The number of ether oxygens (including phenoxy) is 7. The Labute approximate surface area is 767 Å². The molecule has 0 bridgehead atoms. The molecule has 15 rings (SSSR count). The van der Waals surface area contributed by atoms with Crippen molar-refractivity contribution in [1.29, 1.82) is 0 Å². The van der Waals surface area contributed by atoms with E-state index in [0.29, 0.717) is 131 Å². The fourth-order valence-corrected chi connectivity index (χ4v) is 17.5. The number of aryl methyl sites for hydroxylation is 5. The van der Waals surface area contributed by atoms with Crippen LogP contribution in [0.5, 0.6) is 23.0 Å². The first-order valence-corrected chi connectivity index (χ1v) is 43.7. The van der Waals surface area contributed by atoms with E-state index in [0.717, 1.165) is 164 Å². The number of nitrogens with zero attached hydrogens (tertiary/aromatic N) is 19. The lowest BCUT2D eigenvalue weighted by Gasteiger charge is -2.42. The number of nitrogen functional groups attached to an aromatic ring is 3. The summed E-state index contributed by atoms with van der Waals surface area (Å²) in [6.45, 7) is 26.6. The number of methoxy groups -OCH3 is 4. The smallest absolute Gasteiger partial charge is 0.223 e. The van der Waals surface area contributed by atoms with Crippen LogP contribution in [0.25, 0.3) is 0 Å². The average molecular weight is 1820 g/mol. The van der Waals surface area contributed by atoms with Crippen molar-refractivity contribution in [2.75, 3.05) is 131 Å². The lowest BCUT2D eigenvalue weighted by molar-refractivity contribution is 0.0504.